The zero-order valence-corrected chi connectivity index (χ0v) is 12.8. The summed E-state index contributed by atoms with van der Waals surface area (Å²) < 4.78 is 5.22. The summed E-state index contributed by atoms with van der Waals surface area (Å²) in [7, 11) is 0. The number of ether oxygens (including phenoxy) is 1. The molecule has 0 aliphatic heterocycles. The molecule has 0 spiro atoms. The van der Waals surface area contributed by atoms with Gasteiger partial charge in [0, 0.05) is 5.56 Å². The number of phenols is 1. The second-order valence-electron chi connectivity index (χ2n) is 5.28. The Bertz CT molecular complexity index is 702. The third-order valence-electron chi connectivity index (χ3n) is 3.41. The fourth-order valence-corrected chi connectivity index (χ4v) is 2.10. The lowest BCUT2D eigenvalue weighted by atomic mass is 9.99. The van der Waals surface area contributed by atoms with Crippen LogP contribution in [0.2, 0.25) is 0 Å². The molecule has 0 aliphatic carbocycles. The average molecular weight is 298 g/mol. The van der Waals surface area contributed by atoms with E-state index in [1.54, 1.807) is 13.0 Å². The van der Waals surface area contributed by atoms with Gasteiger partial charge in [0.25, 0.3) is 0 Å². The molecule has 2 rings (SSSR count). The van der Waals surface area contributed by atoms with Crippen molar-refractivity contribution in [1.82, 2.24) is 0 Å². The lowest BCUT2D eigenvalue weighted by molar-refractivity contribution is 0.0318. The van der Waals surface area contributed by atoms with Gasteiger partial charge in [-0.2, -0.15) is 0 Å². The van der Waals surface area contributed by atoms with Crippen molar-refractivity contribution in [3.05, 3.63) is 64.7 Å². The van der Waals surface area contributed by atoms with E-state index in [9.17, 15) is 14.7 Å². The summed E-state index contributed by atoms with van der Waals surface area (Å²) in [6.07, 6.45) is -0.873. The smallest absolute Gasteiger partial charge is 0.338 e. The molecule has 2 aromatic carbocycles. The number of hydrogen-bond acceptors (Lipinski definition) is 4. The lowest BCUT2D eigenvalue weighted by Crippen LogP contribution is -2.25. The topological polar surface area (TPSA) is 63.6 Å². The van der Waals surface area contributed by atoms with Gasteiger partial charge in [-0.3, -0.25) is 4.79 Å². The molecule has 0 aliphatic rings. The minimum absolute atomic E-state index is 0.0658. The van der Waals surface area contributed by atoms with Crippen molar-refractivity contribution in [1.29, 1.82) is 0 Å². The number of hydrogen-bond donors (Lipinski definition) is 1. The molecule has 1 atom stereocenters. The van der Waals surface area contributed by atoms with Gasteiger partial charge in [-0.15, -0.1) is 0 Å². The minimum Gasteiger partial charge on any atom is -0.508 e. The van der Waals surface area contributed by atoms with Crippen molar-refractivity contribution in [2.24, 2.45) is 0 Å². The molecule has 0 fully saturated rings. The van der Waals surface area contributed by atoms with E-state index < -0.39 is 12.1 Å². The van der Waals surface area contributed by atoms with E-state index in [2.05, 4.69) is 0 Å². The first kappa shape index (κ1) is 15.8. The molecule has 2 aromatic rings. The number of ketones is 1. The largest absolute Gasteiger partial charge is 0.508 e. The molecule has 0 saturated heterocycles. The maximum Gasteiger partial charge on any atom is 0.338 e. The van der Waals surface area contributed by atoms with Gasteiger partial charge in [-0.25, -0.2) is 4.79 Å². The fraction of sp³-hybridized carbons (Fsp3) is 0.222. The van der Waals surface area contributed by atoms with Crippen molar-refractivity contribution in [3.8, 4) is 5.75 Å². The van der Waals surface area contributed by atoms with Gasteiger partial charge in [-0.1, -0.05) is 17.7 Å². The second kappa shape index (κ2) is 6.43. The quantitative estimate of drug-likeness (QED) is 0.693. The first-order chi connectivity index (χ1) is 10.4. The Kier molecular flexibility index (Phi) is 4.61. The predicted octanol–water partition coefficient (Wildman–Crippen LogP) is 3.44. The Morgan fingerprint density at radius 1 is 1.05 bits per heavy atom. The zero-order valence-electron chi connectivity index (χ0n) is 12.8. The van der Waals surface area contributed by atoms with Crippen molar-refractivity contribution in [2.45, 2.75) is 26.9 Å². The van der Waals surface area contributed by atoms with Crippen LogP contribution >= 0.6 is 0 Å². The number of carbonyl (C=O) groups is 2. The van der Waals surface area contributed by atoms with E-state index in [-0.39, 0.29) is 11.5 Å². The maximum absolute atomic E-state index is 12.4. The molecule has 0 amide bonds. The van der Waals surface area contributed by atoms with Gasteiger partial charge >= 0.3 is 5.97 Å². The summed E-state index contributed by atoms with van der Waals surface area (Å²) in [5.74, 6) is -0.754. The molecule has 0 bridgehead atoms. The lowest BCUT2D eigenvalue weighted by Gasteiger charge is -2.14. The van der Waals surface area contributed by atoms with E-state index in [4.69, 9.17) is 4.74 Å². The van der Waals surface area contributed by atoms with Gasteiger partial charge in [0.1, 0.15) is 5.75 Å². The standard InChI is InChI=1S/C18H18O4/c1-11-4-5-12(2)16(10-11)17(20)13(3)22-18(21)14-6-8-15(19)9-7-14/h4-10,13,19H,1-3H3/t13-/m0/s1. The van der Waals surface area contributed by atoms with Crippen molar-refractivity contribution in [2.75, 3.05) is 0 Å². The summed E-state index contributed by atoms with van der Waals surface area (Å²) >= 11 is 0. The Balaban J connectivity index is 2.12. The van der Waals surface area contributed by atoms with Gasteiger partial charge < -0.3 is 9.84 Å². The molecule has 4 nitrogen and oxygen atoms in total. The summed E-state index contributed by atoms with van der Waals surface area (Å²) in [5, 5.41) is 9.21. The Morgan fingerprint density at radius 2 is 1.68 bits per heavy atom. The number of phenolic OH excluding ortho intramolecular Hbond substituents is 1. The SMILES string of the molecule is Cc1ccc(C)c(C(=O)[C@H](C)OC(=O)c2ccc(O)cc2)c1. The van der Waals surface area contributed by atoms with E-state index in [1.165, 1.54) is 24.3 Å². The van der Waals surface area contributed by atoms with E-state index in [1.807, 2.05) is 26.0 Å². The van der Waals surface area contributed by atoms with Gasteiger partial charge in [0.15, 0.2) is 6.10 Å². The van der Waals surface area contributed by atoms with Crippen LogP contribution in [0.25, 0.3) is 0 Å². The van der Waals surface area contributed by atoms with Crippen LogP contribution < -0.4 is 0 Å². The maximum atomic E-state index is 12.4. The molecule has 0 heterocycles. The monoisotopic (exact) mass is 298 g/mol. The second-order valence-corrected chi connectivity index (χ2v) is 5.28. The number of benzene rings is 2. The molecular weight excluding hydrogens is 280 g/mol. The molecular formula is C18H18O4. The molecule has 0 aromatic heterocycles. The Morgan fingerprint density at radius 3 is 2.32 bits per heavy atom. The fourth-order valence-electron chi connectivity index (χ4n) is 2.10. The first-order valence-corrected chi connectivity index (χ1v) is 7.00. The molecule has 1 N–H and O–H groups in total. The predicted molar refractivity (Wildman–Crippen MR) is 83.2 cm³/mol. The zero-order chi connectivity index (χ0) is 16.3. The number of esters is 1. The van der Waals surface area contributed by atoms with Crippen LogP contribution in [0.4, 0.5) is 0 Å². The van der Waals surface area contributed by atoms with Crippen LogP contribution in [-0.4, -0.2) is 23.0 Å². The van der Waals surface area contributed by atoms with Gasteiger partial charge in [0.2, 0.25) is 5.78 Å². The van der Waals surface area contributed by atoms with Crippen LogP contribution in [0.15, 0.2) is 42.5 Å². The third kappa shape index (κ3) is 3.52. The van der Waals surface area contributed by atoms with Crippen LogP contribution in [0.5, 0.6) is 5.75 Å². The summed E-state index contributed by atoms with van der Waals surface area (Å²) in [4.78, 5) is 24.4. The molecule has 4 heteroatoms. The highest BCUT2D eigenvalue weighted by Crippen LogP contribution is 2.16. The third-order valence-corrected chi connectivity index (χ3v) is 3.41. The minimum atomic E-state index is -0.873. The number of aryl methyl sites for hydroxylation is 2. The summed E-state index contributed by atoms with van der Waals surface area (Å²) in [6, 6.07) is 11.3. The summed E-state index contributed by atoms with van der Waals surface area (Å²) in [6.45, 7) is 5.31. The number of Topliss-reactive ketones (excluding diaryl/α,β-unsaturated/α-hetero) is 1. The van der Waals surface area contributed by atoms with Crippen molar-refractivity contribution >= 4 is 11.8 Å². The van der Waals surface area contributed by atoms with E-state index in [0.717, 1.165) is 11.1 Å². The van der Waals surface area contributed by atoms with Crippen LogP contribution in [0.3, 0.4) is 0 Å². The first-order valence-electron chi connectivity index (χ1n) is 7.00. The number of carbonyl (C=O) groups excluding carboxylic acids is 2. The molecule has 114 valence electrons. The van der Waals surface area contributed by atoms with E-state index in [0.29, 0.717) is 11.1 Å². The van der Waals surface area contributed by atoms with Crippen LogP contribution in [-0.2, 0) is 4.74 Å². The average Bonchev–Trinajstić information content (AvgIpc) is 2.49. The highest BCUT2D eigenvalue weighted by atomic mass is 16.5. The van der Waals surface area contributed by atoms with Crippen LogP contribution in [0, 0.1) is 13.8 Å². The molecule has 0 unspecified atom stereocenters. The number of rotatable bonds is 4. The number of aromatic hydroxyl groups is 1. The molecule has 22 heavy (non-hydrogen) atoms. The highest BCUT2D eigenvalue weighted by molar-refractivity contribution is 6.02. The van der Waals surface area contributed by atoms with Gasteiger partial charge in [0.05, 0.1) is 5.56 Å². The molecule has 0 saturated carbocycles. The Labute approximate surface area is 129 Å². The summed E-state index contributed by atoms with van der Waals surface area (Å²) in [5.41, 5.74) is 2.68. The highest BCUT2D eigenvalue weighted by Gasteiger charge is 2.21. The molecule has 0 radical (unpaired) electrons. The van der Waals surface area contributed by atoms with Crippen molar-refractivity contribution in [3.63, 3.8) is 0 Å². The van der Waals surface area contributed by atoms with Crippen molar-refractivity contribution < 1.29 is 19.4 Å². The van der Waals surface area contributed by atoms with Gasteiger partial charge in [-0.05, 0) is 56.7 Å². The normalized spacial score (nSPS) is 11.8. The van der Waals surface area contributed by atoms with E-state index >= 15 is 0 Å². The van der Waals surface area contributed by atoms with Crippen LogP contribution in [0.1, 0.15) is 38.8 Å². The Hall–Kier alpha value is -2.62.